The van der Waals surface area contributed by atoms with E-state index in [1.165, 1.54) is 13.0 Å². The Hall–Kier alpha value is -2.67. The number of anilines is 1. The number of thiazole rings is 1. The molecule has 2 rings (SSSR count). The molecule has 0 bridgehead atoms. The molecule has 0 fully saturated rings. The number of aromatic nitrogens is 1. The number of carbonyl (C=O) groups is 2. The van der Waals surface area contributed by atoms with Gasteiger partial charge in [0.25, 0.3) is 0 Å². The molecule has 8 nitrogen and oxygen atoms in total. The van der Waals surface area contributed by atoms with Gasteiger partial charge >= 0.3 is 17.3 Å². The molecule has 2 aromatic rings. The monoisotopic (exact) mass is 493 g/mol. The number of unbranched alkanes of at least 4 members (excludes halogenated alkanes) is 1. The predicted octanol–water partition coefficient (Wildman–Crippen LogP) is 3.59. The van der Waals surface area contributed by atoms with E-state index in [1.807, 2.05) is 0 Å². The minimum absolute atomic E-state index is 0.136. The molecule has 0 spiro atoms. The molecule has 0 radical (unpaired) electrons. The van der Waals surface area contributed by atoms with Crippen LogP contribution in [0.25, 0.3) is 4.90 Å². The number of aryl methyl sites for hydroxylation is 1. The summed E-state index contributed by atoms with van der Waals surface area (Å²) < 4.78 is 64.0. The highest BCUT2D eigenvalue weighted by molar-refractivity contribution is 7.90. The number of hydrogen-bond acceptors (Lipinski definition) is 5. The maximum atomic E-state index is 13.5. The zero-order chi connectivity index (χ0) is 24.1. The number of alkyl halides is 3. The van der Waals surface area contributed by atoms with Crippen LogP contribution in [0.2, 0.25) is 0 Å². The molecule has 0 aliphatic carbocycles. The van der Waals surface area contributed by atoms with Gasteiger partial charge in [0.1, 0.15) is 0 Å². The topological polar surface area (TPSA) is 117 Å². The van der Waals surface area contributed by atoms with Crippen LogP contribution in [0, 0.1) is 6.92 Å². The van der Waals surface area contributed by atoms with Crippen LogP contribution in [0.5, 0.6) is 0 Å². The minimum Gasteiger partial charge on any atom is -0.356 e. The molecule has 1 heterocycles. The average Bonchev–Trinajstić information content (AvgIpc) is 3.02. The lowest BCUT2D eigenvalue weighted by atomic mass is 10.2. The summed E-state index contributed by atoms with van der Waals surface area (Å²) >= 11 is 0. The van der Waals surface area contributed by atoms with Crippen LogP contribution >= 0.6 is 10.5 Å². The molecule has 1 aromatic heterocycles. The zero-order valence-corrected chi connectivity index (χ0v) is 19.3. The second kappa shape index (κ2) is 10.3. The van der Waals surface area contributed by atoms with Crippen LogP contribution in [0.3, 0.4) is 0 Å². The van der Waals surface area contributed by atoms with Crippen molar-refractivity contribution in [2.24, 2.45) is 0 Å². The fourth-order valence-electron chi connectivity index (χ4n) is 2.77. The number of amides is 3. The summed E-state index contributed by atoms with van der Waals surface area (Å²) in [4.78, 5) is 26.5. The fourth-order valence-corrected chi connectivity index (χ4v) is 5.43. The largest absolute Gasteiger partial charge is 0.417 e. The first kappa shape index (κ1) is 25.6. The van der Waals surface area contributed by atoms with Crippen molar-refractivity contribution >= 4 is 37.4 Å². The van der Waals surface area contributed by atoms with E-state index in [0.29, 0.717) is 37.9 Å². The van der Waals surface area contributed by atoms with Gasteiger partial charge in [0.05, 0.1) is 26.6 Å². The van der Waals surface area contributed by atoms with Crippen molar-refractivity contribution in [1.82, 2.24) is 15.6 Å². The number of carbonyl (C=O) groups excluding carboxylic acids is 2. The Labute approximate surface area is 186 Å². The van der Waals surface area contributed by atoms with E-state index in [-0.39, 0.29) is 15.9 Å². The SMILES string of the molecule is CC(=O)NCCCCNC(=O)Nc1nc(C)c[s+]1-c1ccc(S(C)(=O)=O)c(C(F)(F)F)c1. The molecular weight excluding hydrogens is 469 g/mol. The molecule has 13 heteroatoms. The minimum atomic E-state index is -4.87. The molecule has 3 N–H and O–H groups in total. The Bertz CT molecular complexity index is 1100. The number of halogens is 3. The summed E-state index contributed by atoms with van der Waals surface area (Å²) in [6.45, 7) is 3.88. The van der Waals surface area contributed by atoms with Crippen molar-refractivity contribution in [3.05, 3.63) is 34.8 Å². The van der Waals surface area contributed by atoms with E-state index >= 15 is 0 Å². The van der Waals surface area contributed by atoms with E-state index in [4.69, 9.17) is 0 Å². The smallest absolute Gasteiger partial charge is 0.356 e. The van der Waals surface area contributed by atoms with Crippen LogP contribution in [-0.4, -0.2) is 44.7 Å². The zero-order valence-electron chi connectivity index (χ0n) is 17.7. The quantitative estimate of drug-likeness (QED) is 0.384. The van der Waals surface area contributed by atoms with Crippen molar-refractivity contribution in [1.29, 1.82) is 0 Å². The number of nitrogens with one attached hydrogen (secondary N) is 3. The van der Waals surface area contributed by atoms with E-state index in [2.05, 4.69) is 20.9 Å². The van der Waals surface area contributed by atoms with E-state index in [1.54, 1.807) is 12.3 Å². The van der Waals surface area contributed by atoms with Gasteiger partial charge in [0, 0.05) is 32.3 Å². The standard InChI is InChI=1S/C19H23F3N4O4S2/c1-12-11-31(14-6-7-16(32(3,29)30)15(10-14)19(20,21)22)18(25-12)26-17(28)24-9-5-4-8-23-13(2)27/h6-7,10-11H,4-5,8-9H2,1-3H3,(H2-,23,24,25,26,27,28)/p+1. The molecule has 1 unspecified atom stereocenters. The first-order chi connectivity index (χ1) is 14.8. The van der Waals surface area contributed by atoms with Crippen molar-refractivity contribution in [3.8, 4) is 4.90 Å². The number of benzene rings is 1. The summed E-state index contributed by atoms with van der Waals surface area (Å²) in [5.74, 6) is -0.136. The van der Waals surface area contributed by atoms with Gasteiger partial charge in [-0.3, -0.25) is 4.79 Å². The second-order valence-corrected chi connectivity index (χ2v) is 10.8. The van der Waals surface area contributed by atoms with Gasteiger partial charge in [-0.2, -0.15) is 18.2 Å². The third kappa shape index (κ3) is 7.19. The van der Waals surface area contributed by atoms with Crippen LogP contribution in [0.1, 0.15) is 31.0 Å². The van der Waals surface area contributed by atoms with Gasteiger partial charge < -0.3 is 10.6 Å². The normalized spacial score (nSPS) is 12.4. The second-order valence-electron chi connectivity index (χ2n) is 7.01. The van der Waals surface area contributed by atoms with E-state index < -0.39 is 43.0 Å². The van der Waals surface area contributed by atoms with Gasteiger partial charge in [-0.05, 0) is 31.9 Å². The van der Waals surface area contributed by atoms with Crippen LogP contribution in [0.15, 0.2) is 28.5 Å². The van der Waals surface area contributed by atoms with Gasteiger partial charge in [-0.15, -0.1) is 0 Å². The third-order valence-electron chi connectivity index (χ3n) is 4.17. The molecule has 0 aliphatic heterocycles. The molecular formula is C19H24F3N4O4S2+. The highest BCUT2D eigenvalue weighted by atomic mass is 32.2. The highest BCUT2D eigenvalue weighted by Crippen LogP contribution is 2.43. The fraction of sp³-hybridized carbons (Fsp3) is 0.421. The lowest BCUT2D eigenvalue weighted by Crippen LogP contribution is -2.30. The Kier molecular flexibility index (Phi) is 8.24. The van der Waals surface area contributed by atoms with Gasteiger partial charge in [-0.1, -0.05) is 0 Å². The van der Waals surface area contributed by atoms with Crippen LogP contribution in [0.4, 0.5) is 23.1 Å². The van der Waals surface area contributed by atoms with Crippen LogP contribution in [-0.2, 0) is 20.8 Å². The van der Waals surface area contributed by atoms with Gasteiger partial charge in [0.15, 0.2) is 20.1 Å². The number of rotatable bonds is 8. The Balaban J connectivity index is 2.18. The first-order valence-electron chi connectivity index (χ1n) is 9.50. The molecule has 1 aromatic carbocycles. The van der Waals surface area contributed by atoms with Crippen molar-refractivity contribution < 1.29 is 31.2 Å². The molecule has 1 atom stereocenters. The lowest BCUT2D eigenvalue weighted by molar-refractivity contribution is -0.139. The molecule has 176 valence electrons. The number of urea groups is 1. The lowest BCUT2D eigenvalue weighted by Gasteiger charge is -2.11. The van der Waals surface area contributed by atoms with E-state index in [0.717, 1.165) is 12.1 Å². The van der Waals surface area contributed by atoms with Crippen molar-refractivity contribution in [3.63, 3.8) is 0 Å². The molecule has 3 amide bonds. The average molecular weight is 494 g/mol. The Morgan fingerprint density at radius 2 is 1.75 bits per heavy atom. The number of nitrogens with zero attached hydrogens (tertiary/aromatic N) is 1. The Morgan fingerprint density at radius 3 is 2.31 bits per heavy atom. The van der Waals surface area contributed by atoms with Crippen LogP contribution < -0.4 is 16.0 Å². The summed E-state index contributed by atoms with van der Waals surface area (Å²) in [7, 11) is -5.19. The highest BCUT2D eigenvalue weighted by Gasteiger charge is 2.38. The molecule has 0 aliphatic rings. The molecule has 32 heavy (non-hydrogen) atoms. The predicted molar refractivity (Wildman–Crippen MR) is 116 cm³/mol. The maximum absolute atomic E-state index is 13.5. The summed E-state index contributed by atoms with van der Waals surface area (Å²) in [5, 5.41) is 9.60. The van der Waals surface area contributed by atoms with Crippen molar-refractivity contribution in [2.45, 2.75) is 37.8 Å². The maximum Gasteiger partial charge on any atom is 0.417 e. The van der Waals surface area contributed by atoms with Gasteiger partial charge in [0.2, 0.25) is 5.91 Å². The Morgan fingerprint density at radius 1 is 1.12 bits per heavy atom. The number of hydrogen-bond donors (Lipinski definition) is 3. The molecule has 0 saturated heterocycles. The first-order valence-corrected chi connectivity index (χ1v) is 12.7. The summed E-state index contributed by atoms with van der Waals surface area (Å²) in [5.41, 5.74) is -0.745. The van der Waals surface area contributed by atoms with Crippen molar-refractivity contribution in [2.75, 3.05) is 24.7 Å². The van der Waals surface area contributed by atoms with E-state index in [9.17, 15) is 31.2 Å². The van der Waals surface area contributed by atoms with Gasteiger partial charge in [-0.25, -0.2) is 18.5 Å². The number of sulfone groups is 1. The summed E-state index contributed by atoms with van der Waals surface area (Å²) in [6.07, 6.45) is -2.87. The summed E-state index contributed by atoms with van der Waals surface area (Å²) in [6, 6.07) is 2.44. The third-order valence-corrected chi connectivity index (χ3v) is 7.27. The molecule has 0 saturated carbocycles.